The van der Waals surface area contributed by atoms with E-state index in [1.807, 2.05) is 56.0 Å². The normalized spacial score (nSPS) is 21.2. The Morgan fingerprint density at radius 2 is 2.00 bits per heavy atom. The molecule has 1 aliphatic rings. The first-order chi connectivity index (χ1) is 15.0. The lowest BCUT2D eigenvalue weighted by Crippen LogP contribution is -2.42. The molecule has 0 saturated carbocycles. The van der Waals surface area contributed by atoms with Crippen molar-refractivity contribution in [3.05, 3.63) is 53.9 Å². The fourth-order valence-corrected chi connectivity index (χ4v) is 4.21. The van der Waals surface area contributed by atoms with E-state index < -0.39 is 19.0 Å². The number of anilines is 3. The Balaban J connectivity index is 1.79. The van der Waals surface area contributed by atoms with Gasteiger partial charge in [-0.15, -0.1) is 0 Å². The van der Waals surface area contributed by atoms with Crippen LogP contribution in [0.2, 0.25) is 0 Å². The molecule has 0 saturated heterocycles. The summed E-state index contributed by atoms with van der Waals surface area (Å²) in [4.78, 5) is 12.7. The lowest BCUT2D eigenvalue weighted by molar-refractivity contribution is 0.601. The third kappa shape index (κ3) is 2.25. The van der Waals surface area contributed by atoms with Crippen molar-refractivity contribution in [2.45, 2.75) is 46.7 Å². The summed E-state index contributed by atoms with van der Waals surface area (Å²) in [6.45, 7) is 4.71. The molecule has 0 N–H and O–H groups in total. The lowest BCUT2D eigenvalue weighted by atomic mass is 10.1. The minimum absolute atomic E-state index is 0.477. The first-order valence-electron chi connectivity index (χ1n) is 11.4. The third-order valence-electron chi connectivity index (χ3n) is 5.43. The Morgan fingerprint density at radius 1 is 1.18 bits per heavy atom. The summed E-state index contributed by atoms with van der Waals surface area (Å²) in [6, 6.07) is 9.72. The van der Waals surface area contributed by atoms with Crippen LogP contribution >= 0.6 is 0 Å². The van der Waals surface area contributed by atoms with Gasteiger partial charge in [-0.25, -0.2) is 9.97 Å². The van der Waals surface area contributed by atoms with E-state index in [-0.39, 0.29) is 0 Å². The molecule has 1 aromatic carbocycles. The van der Waals surface area contributed by atoms with Crippen molar-refractivity contribution in [1.29, 1.82) is 0 Å². The highest BCUT2D eigenvalue weighted by molar-refractivity contribution is 6.09. The molecule has 142 valence electrons. The van der Waals surface area contributed by atoms with Gasteiger partial charge in [0.25, 0.3) is 0 Å². The van der Waals surface area contributed by atoms with Gasteiger partial charge in [-0.3, -0.25) is 0 Å². The minimum Gasteiger partial charge on any atom is -0.435 e. The standard InChI is InChI=1S/C23H24N4O/c1-13(2)26-16(5)27(22-19(26)7-6-12-24-22)20-14(3)8-10-17-18-11-9-15(4)25-23(18)28-21(17)20/h6-13,16H,1-5H3/i1D3,13D. The maximum absolute atomic E-state index is 8.79. The van der Waals surface area contributed by atoms with Gasteiger partial charge in [0.15, 0.2) is 11.4 Å². The second kappa shape index (κ2) is 5.96. The molecule has 0 aliphatic carbocycles. The third-order valence-corrected chi connectivity index (χ3v) is 5.43. The second-order valence-electron chi connectivity index (χ2n) is 7.32. The number of hydrogen-bond acceptors (Lipinski definition) is 5. The van der Waals surface area contributed by atoms with Crippen LogP contribution in [0.5, 0.6) is 0 Å². The largest absolute Gasteiger partial charge is 0.435 e. The summed E-state index contributed by atoms with van der Waals surface area (Å²) in [7, 11) is 0. The van der Waals surface area contributed by atoms with Crippen molar-refractivity contribution in [2.75, 3.05) is 9.80 Å². The zero-order valence-electron chi connectivity index (χ0n) is 20.3. The highest BCUT2D eigenvalue weighted by Crippen LogP contribution is 2.47. The van der Waals surface area contributed by atoms with E-state index in [1.54, 1.807) is 17.2 Å². The van der Waals surface area contributed by atoms with Gasteiger partial charge >= 0.3 is 0 Å². The number of aryl methyl sites for hydroxylation is 2. The van der Waals surface area contributed by atoms with Gasteiger partial charge in [-0.05, 0) is 64.4 Å². The van der Waals surface area contributed by atoms with Crippen LogP contribution in [0, 0.1) is 13.8 Å². The highest BCUT2D eigenvalue weighted by atomic mass is 16.3. The fourth-order valence-electron chi connectivity index (χ4n) is 4.21. The van der Waals surface area contributed by atoms with Crippen molar-refractivity contribution < 1.29 is 9.90 Å². The molecule has 0 bridgehead atoms. The first-order valence-corrected chi connectivity index (χ1v) is 9.35. The summed E-state index contributed by atoms with van der Waals surface area (Å²) in [6.07, 6.45) is 1.20. The Bertz CT molecular complexity index is 1360. The van der Waals surface area contributed by atoms with Gasteiger partial charge in [0.1, 0.15) is 6.17 Å². The number of benzene rings is 1. The Labute approximate surface area is 170 Å². The highest BCUT2D eigenvalue weighted by Gasteiger charge is 2.38. The van der Waals surface area contributed by atoms with Gasteiger partial charge in [0, 0.05) is 32.8 Å². The van der Waals surface area contributed by atoms with E-state index in [2.05, 4.69) is 9.97 Å². The van der Waals surface area contributed by atoms with E-state index in [0.29, 0.717) is 22.8 Å². The van der Waals surface area contributed by atoms with E-state index in [4.69, 9.17) is 9.90 Å². The number of pyridine rings is 2. The molecule has 2 unspecified atom stereocenters. The zero-order chi connectivity index (χ0) is 23.0. The smallest absolute Gasteiger partial charge is 0.227 e. The predicted octanol–water partition coefficient (Wildman–Crippen LogP) is 5.71. The van der Waals surface area contributed by atoms with Gasteiger partial charge in [0.2, 0.25) is 5.71 Å². The van der Waals surface area contributed by atoms with E-state index >= 15 is 0 Å². The summed E-state index contributed by atoms with van der Waals surface area (Å²) in [5.74, 6) is 0.600. The van der Waals surface area contributed by atoms with Crippen LogP contribution in [0.25, 0.3) is 22.1 Å². The number of hydrogen-bond donors (Lipinski definition) is 0. The molecule has 28 heavy (non-hydrogen) atoms. The fraction of sp³-hybridized carbons (Fsp3) is 0.304. The van der Waals surface area contributed by atoms with E-state index in [0.717, 1.165) is 27.7 Å². The van der Waals surface area contributed by atoms with Gasteiger partial charge in [-0.1, -0.05) is 12.1 Å². The molecule has 0 fully saturated rings. The molecule has 4 heterocycles. The van der Waals surface area contributed by atoms with Crippen molar-refractivity contribution in [3.8, 4) is 0 Å². The molecule has 1 aliphatic heterocycles. The Kier molecular flexibility index (Phi) is 2.80. The number of nitrogens with zero attached hydrogens (tertiary/aromatic N) is 4. The second-order valence-corrected chi connectivity index (χ2v) is 7.32. The monoisotopic (exact) mass is 376 g/mol. The van der Waals surface area contributed by atoms with Crippen LogP contribution < -0.4 is 9.80 Å². The molecule has 5 nitrogen and oxygen atoms in total. The average Bonchev–Trinajstić information content (AvgIpc) is 3.21. The Hall–Kier alpha value is -3.08. The van der Waals surface area contributed by atoms with Crippen molar-refractivity contribution >= 4 is 39.3 Å². The summed E-state index contributed by atoms with van der Waals surface area (Å²) in [5.41, 5.74) is 4.46. The number of rotatable bonds is 2. The Morgan fingerprint density at radius 3 is 2.82 bits per heavy atom. The molecule has 5 heteroatoms. The van der Waals surface area contributed by atoms with Gasteiger partial charge < -0.3 is 14.2 Å². The average molecular weight is 376 g/mol. The quantitative estimate of drug-likeness (QED) is 0.449. The predicted molar refractivity (Wildman–Crippen MR) is 114 cm³/mol. The maximum Gasteiger partial charge on any atom is 0.227 e. The molecule has 2 atom stereocenters. The zero-order valence-corrected chi connectivity index (χ0v) is 16.3. The van der Waals surface area contributed by atoms with Crippen LogP contribution in [0.4, 0.5) is 17.2 Å². The molecular formula is C23H24N4O. The van der Waals surface area contributed by atoms with Crippen molar-refractivity contribution in [1.82, 2.24) is 9.97 Å². The first kappa shape index (κ1) is 13.2. The lowest BCUT2D eigenvalue weighted by Gasteiger charge is -2.33. The van der Waals surface area contributed by atoms with Crippen LogP contribution in [0.15, 0.2) is 47.0 Å². The van der Waals surface area contributed by atoms with Crippen molar-refractivity contribution in [2.24, 2.45) is 0 Å². The minimum atomic E-state index is -2.52. The van der Waals surface area contributed by atoms with Crippen LogP contribution in [0.3, 0.4) is 0 Å². The van der Waals surface area contributed by atoms with Crippen LogP contribution in [-0.2, 0) is 0 Å². The number of aromatic nitrogens is 2. The van der Waals surface area contributed by atoms with Gasteiger partial charge in [0.05, 0.1) is 12.7 Å². The summed E-state index contributed by atoms with van der Waals surface area (Å²) in [5, 5.41) is 1.85. The topological polar surface area (TPSA) is 45.4 Å². The molecule has 0 spiro atoms. The molecule has 3 aromatic heterocycles. The molecular weight excluding hydrogens is 348 g/mol. The molecule has 0 radical (unpaired) electrons. The van der Waals surface area contributed by atoms with Crippen LogP contribution in [0.1, 0.15) is 37.4 Å². The maximum atomic E-state index is 8.79. The van der Waals surface area contributed by atoms with E-state index in [9.17, 15) is 0 Å². The van der Waals surface area contributed by atoms with Crippen LogP contribution in [-0.4, -0.2) is 22.2 Å². The number of furan rings is 1. The van der Waals surface area contributed by atoms with Gasteiger partial charge in [-0.2, -0.15) is 0 Å². The summed E-state index contributed by atoms with van der Waals surface area (Å²) < 4.78 is 39.1. The SMILES string of the molecule is [2H]C([2H])([2H])C([2H])(C)N1c2cccnc2N(c2c(C)ccc3c2oc2nc(C)ccc23)C1C. The molecule has 4 aromatic rings. The van der Waals surface area contributed by atoms with Crippen molar-refractivity contribution in [3.63, 3.8) is 0 Å². The number of fused-ring (bicyclic) bond motifs is 4. The summed E-state index contributed by atoms with van der Waals surface area (Å²) >= 11 is 0. The van der Waals surface area contributed by atoms with E-state index in [1.165, 1.54) is 6.92 Å². The molecule has 5 rings (SSSR count). The molecule has 0 amide bonds.